The molecule has 6 nitrogen and oxygen atoms in total. The molecule has 0 radical (unpaired) electrons. The van der Waals surface area contributed by atoms with Crippen molar-refractivity contribution in [3.05, 3.63) is 193 Å². The van der Waals surface area contributed by atoms with Gasteiger partial charge in [0.1, 0.15) is 11.5 Å². The van der Waals surface area contributed by atoms with Crippen molar-refractivity contribution in [2.75, 3.05) is 26.4 Å². The van der Waals surface area contributed by atoms with E-state index in [9.17, 15) is 9.59 Å². The second-order valence-corrected chi connectivity index (χ2v) is 16.8. The third kappa shape index (κ3) is 8.75. The van der Waals surface area contributed by atoms with Crippen LogP contribution in [0.4, 0.5) is 0 Å². The smallest absolute Gasteiger partial charge is 0.339 e. The summed E-state index contributed by atoms with van der Waals surface area (Å²) in [5.41, 5.74) is 3.25. The predicted molar refractivity (Wildman–Crippen MR) is 269 cm³/mol. The van der Waals surface area contributed by atoms with Gasteiger partial charge in [-0.3, -0.25) is 0 Å². The van der Waals surface area contributed by atoms with E-state index < -0.39 is 0 Å². The summed E-state index contributed by atoms with van der Waals surface area (Å²) < 4.78 is 25.1. The fourth-order valence-corrected chi connectivity index (χ4v) is 9.33. The number of hydrogen-bond donors (Lipinski definition) is 0. The predicted octanol–water partition coefficient (Wildman–Crippen LogP) is 15.1. The molecule has 0 spiro atoms. The van der Waals surface area contributed by atoms with Crippen LogP contribution in [0.1, 0.15) is 59.2 Å². The molecule has 0 unspecified atom stereocenters. The number of esters is 2. The maximum absolute atomic E-state index is 13.5. The number of unbranched alkanes of at least 4 members (excludes halogenated alkanes) is 4. The van der Waals surface area contributed by atoms with Gasteiger partial charge in [-0.25, -0.2) is 9.59 Å². The van der Waals surface area contributed by atoms with Gasteiger partial charge in [0.25, 0.3) is 0 Å². The first kappa shape index (κ1) is 42.3. The number of ether oxygens (including phenoxy) is 4. The van der Waals surface area contributed by atoms with E-state index in [2.05, 4.69) is 84.9 Å². The van der Waals surface area contributed by atoms with Gasteiger partial charge >= 0.3 is 11.9 Å². The summed E-state index contributed by atoms with van der Waals surface area (Å²) in [6, 6.07) is 61.4. The molecule has 10 rings (SSSR count). The van der Waals surface area contributed by atoms with Crippen LogP contribution in [-0.4, -0.2) is 38.4 Å². The highest BCUT2D eigenvalue weighted by Crippen LogP contribution is 2.46. The van der Waals surface area contributed by atoms with Crippen LogP contribution in [0.5, 0.6) is 11.5 Å². The van der Waals surface area contributed by atoms with Gasteiger partial charge in [-0.2, -0.15) is 0 Å². The minimum atomic E-state index is -0.291. The molecule has 0 saturated heterocycles. The quantitative estimate of drug-likeness (QED) is 0.0516. The van der Waals surface area contributed by atoms with Crippen LogP contribution in [0.15, 0.2) is 182 Å². The fraction of sp³-hybridized carbons (Fsp3) is 0.167. The second kappa shape index (κ2) is 19.6. The second-order valence-electron chi connectivity index (χ2n) is 16.8. The first-order valence-corrected chi connectivity index (χ1v) is 23.1. The molecule has 10 aromatic rings. The highest BCUT2D eigenvalue weighted by Gasteiger charge is 2.21. The van der Waals surface area contributed by atoms with Crippen molar-refractivity contribution in [2.45, 2.75) is 38.5 Å². The van der Waals surface area contributed by atoms with Gasteiger partial charge in [0.15, 0.2) is 0 Å². The number of carbonyl (C=O) groups excluding carboxylic acids is 2. The van der Waals surface area contributed by atoms with Crippen molar-refractivity contribution in [3.8, 4) is 22.6 Å². The molecule has 66 heavy (non-hydrogen) atoms. The summed E-state index contributed by atoms with van der Waals surface area (Å²) in [5, 5.41) is 12.1. The molecule has 0 amide bonds. The van der Waals surface area contributed by atoms with Gasteiger partial charge in [-0.15, -0.1) is 0 Å². The minimum Gasteiger partial charge on any atom is -0.493 e. The van der Waals surface area contributed by atoms with Gasteiger partial charge in [-0.05, 0) is 127 Å². The highest BCUT2D eigenvalue weighted by atomic mass is 16.5. The van der Waals surface area contributed by atoms with Crippen molar-refractivity contribution in [2.24, 2.45) is 0 Å². The van der Waals surface area contributed by atoms with Crippen molar-refractivity contribution >= 4 is 76.6 Å². The van der Waals surface area contributed by atoms with Crippen LogP contribution in [-0.2, 0) is 9.47 Å². The Balaban J connectivity index is 0.784. The van der Waals surface area contributed by atoms with Gasteiger partial charge < -0.3 is 18.9 Å². The third-order valence-electron chi connectivity index (χ3n) is 12.5. The number of benzene rings is 10. The van der Waals surface area contributed by atoms with Gasteiger partial charge in [-0.1, -0.05) is 158 Å². The first-order valence-electron chi connectivity index (χ1n) is 23.1. The third-order valence-corrected chi connectivity index (χ3v) is 12.5. The molecule has 0 saturated carbocycles. The largest absolute Gasteiger partial charge is 0.493 e. The lowest BCUT2D eigenvalue weighted by Crippen LogP contribution is -2.08. The molecule has 0 atom stereocenters. The Morgan fingerprint density at radius 1 is 0.303 bits per heavy atom. The fourth-order valence-electron chi connectivity index (χ4n) is 9.33. The Bertz CT molecular complexity index is 3050. The van der Waals surface area contributed by atoms with E-state index >= 15 is 0 Å². The molecule has 10 aromatic carbocycles. The summed E-state index contributed by atoms with van der Waals surface area (Å²) >= 11 is 0. The lowest BCUT2D eigenvalue weighted by Gasteiger charge is -2.20. The van der Waals surface area contributed by atoms with Crippen molar-refractivity contribution < 1.29 is 28.5 Å². The first-order chi connectivity index (χ1) is 32.6. The molecule has 326 valence electrons. The monoisotopic (exact) mass is 866 g/mol. The summed E-state index contributed by atoms with van der Waals surface area (Å²) in [7, 11) is 0. The number of fused-ring (bicyclic) bond motifs is 6. The Labute approximate surface area is 384 Å². The Morgan fingerprint density at radius 3 is 0.970 bits per heavy atom. The normalized spacial score (nSPS) is 11.5. The topological polar surface area (TPSA) is 71.1 Å². The van der Waals surface area contributed by atoms with E-state index in [0.29, 0.717) is 37.6 Å². The van der Waals surface area contributed by atoms with Gasteiger partial charge in [0.2, 0.25) is 0 Å². The van der Waals surface area contributed by atoms with E-state index in [-0.39, 0.29) is 11.9 Å². The van der Waals surface area contributed by atoms with Crippen molar-refractivity contribution in [1.82, 2.24) is 0 Å². The molecule has 0 aliphatic rings. The van der Waals surface area contributed by atoms with Gasteiger partial charge in [0.05, 0.1) is 37.6 Å². The molecule has 6 heteroatoms. The van der Waals surface area contributed by atoms with Crippen LogP contribution >= 0.6 is 0 Å². The summed E-state index contributed by atoms with van der Waals surface area (Å²) in [6.07, 6.45) is 4.74. The van der Waals surface area contributed by atoms with Crippen LogP contribution in [0.2, 0.25) is 0 Å². The van der Waals surface area contributed by atoms with Crippen LogP contribution in [0.3, 0.4) is 0 Å². The maximum Gasteiger partial charge on any atom is 0.339 e. The number of hydrogen-bond acceptors (Lipinski definition) is 6. The van der Waals surface area contributed by atoms with Crippen LogP contribution in [0, 0.1) is 0 Å². The maximum atomic E-state index is 13.5. The van der Waals surface area contributed by atoms with E-state index in [1.807, 2.05) is 97.1 Å². The number of rotatable bonds is 17. The minimum absolute atomic E-state index is 0.291. The Hall–Kier alpha value is -7.70. The van der Waals surface area contributed by atoms with E-state index in [0.717, 1.165) is 126 Å². The molecule has 0 aromatic heterocycles. The Morgan fingerprint density at radius 2 is 0.606 bits per heavy atom. The molecule has 0 aliphatic heterocycles. The van der Waals surface area contributed by atoms with E-state index in [1.165, 1.54) is 0 Å². The van der Waals surface area contributed by atoms with Crippen molar-refractivity contribution in [3.63, 3.8) is 0 Å². The zero-order chi connectivity index (χ0) is 44.7. The molecule has 0 bridgehead atoms. The van der Waals surface area contributed by atoms with Gasteiger partial charge in [0, 0.05) is 11.1 Å². The Kier molecular flexibility index (Phi) is 12.5. The van der Waals surface area contributed by atoms with E-state index in [4.69, 9.17) is 18.9 Å². The molecular weight excluding hydrogens is 817 g/mol. The standard InChI is InChI=1S/C60H50O6/c61-59(55-49-27-11-5-21-43(49)39-44-22-6-12-28-50(44)55)65-37-17-1-15-35-63-53-33-31-41-19-3-9-25-47(41)57(53)58-48-26-10-4-20-42(48)32-34-54(58)64-36-16-2-18-38-66-60(62)56-51-29-13-7-23-45(51)40-46-24-8-14-30-52(46)56/h3-14,19-34,39-40H,1-2,15-18,35-38H2. The van der Waals surface area contributed by atoms with Crippen LogP contribution < -0.4 is 9.47 Å². The summed E-state index contributed by atoms with van der Waals surface area (Å²) in [5.74, 6) is 1.01. The number of carbonyl (C=O) groups is 2. The van der Waals surface area contributed by atoms with E-state index in [1.54, 1.807) is 0 Å². The lowest BCUT2D eigenvalue weighted by molar-refractivity contribution is 0.0492. The summed E-state index contributed by atoms with van der Waals surface area (Å²) in [6.45, 7) is 1.69. The lowest BCUT2D eigenvalue weighted by atomic mass is 9.92. The average Bonchev–Trinajstić information content (AvgIpc) is 3.36. The molecule has 0 N–H and O–H groups in total. The summed E-state index contributed by atoms with van der Waals surface area (Å²) in [4.78, 5) is 27.1. The average molecular weight is 867 g/mol. The zero-order valence-corrected chi connectivity index (χ0v) is 36.8. The van der Waals surface area contributed by atoms with Crippen LogP contribution in [0.25, 0.3) is 75.8 Å². The molecule has 0 heterocycles. The zero-order valence-electron chi connectivity index (χ0n) is 36.8. The molecule has 0 aliphatic carbocycles. The highest BCUT2D eigenvalue weighted by molar-refractivity contribution is 6.18. The molecule has 0 fully saturated rings. The van der Waals surface area contributed by atoms with Crippen molar-refractivity contribution in [1.29, 1.82) is 0 Å². The molecular formula is C60H50O6. The SMILES string of the molecule is O=C(OCCCCCOc1ccc2ccccc2c1-c1c(OCCCCCOC(=O)c2c3ccccc3cc3ccccc23)ccc2ccccc12)c1c2ccccc2cc2ccccc12.